The Hall–Kier alpha value is -1.81. The van der Waals surface area contributed by atoms with Crippen molar-refractivity contribution in [2.45, 2.75) is 23.5 Å². The van der Waals surface area contributed by atoms with E-state index in [0.717, 1.165) is 12.8 Å². The first kappa shape index (κ1) is 20.9. The molecule has 0 aromatic heterocycles. The molecule has 3 rings (SSSR count). The van der Waals surface area contributed by atoms with Gasteiger partial charge in [0.1, 0.15) is 5.75 Å². The van der Waals surface area contributed by atoms with Gasteiger partial charge >= 0.3 is 0 Å². The third-order valence-electron chi connectivity index (χ3n) is 4.44. The predicted octanol–water partition coefficient (Wildman–Crippen LogP) is 3.08. The molecule has 1 aliphatic rings. The molecule has 0 amide bonds. The molecule has 1 N–H and O–H groups in total. The zero-order chi connectivity index (χ0) is 20.4. The Morgan fingerprint density at radius 3 is 2.39 bits per heavy atom. The summed E-state index contributed by atoms with van der Waals surface area (Å²) in [6.07, 6.45) is 1.62. The number of ether oxygens (including phenoxy) is 1. The number of hydrogen-bond donors (Lipinski definition) is 1. The van der Waals surface area contributed by atoms with Gasteiger partial charge in [0.2, 0.25) is 20.0 Å². The minimum absolute atomic E-state index is 0.0191. The van der Waals surface area contributed by atoms with Crippen molar-refractivity contribution < 1.29 is 21.6 Å². The maximum atomic E-state index is 12.8. The van der Waals surface area contributed by atoms with Crippen molar-refractivity contribution in [1.82, 2.24) is 4.31 Å². The maximum Gasteiger partial charge on any atom is 0.243 e. The van der Waals surface area contributed by atoms with Gasteiger partial charge in [0.25, 0.3) is 0 Å². The molecule has 1 heterocycles. The van der Waals surface area contributed by atoms with Gasteiger partial charge in [-0.2, -0.15) is 4.31 Å². The highest BCUT2D eigenvalue weighted by Crippen LogP contribution is 2.31. The van der Waals surface area contributed by atoms with Crippen molar-refractivity contribution in [3.05, 3.63) is 53.1 Å². The van der Waals surface area contributed by atoms with E-state index in [4.69, 9.17) is 16.3 Å². The van der Waals surface area contributed by atoms with Gasteiger partial charge in [-0.25, -0.2) is 16.8 Å². The van der Waals surface area contributed by atoms with Crippen LogP contribution in [0.5, 0.6) is 5.75 Å². The molecule has 0 bridgehead atoms. The van der Waals surface area contributed by atoms with Gasteiger partial charge in [-0.05, 0) is 42.7 Å². The molecule has 1 fully saturated rings. The van der Waals surface area contributed by atoms with Crippen LogP contribution in [0.3, 0.4) is 0 Å². The molecule has 1 saturated heterocycles. The SMILES string of the molecule is COc1ccc(S(=O)(=O)N2CCCC2)cc1NS(=O)(=O)Cc1ccccc1Cl. The van der Waals surface area contributed by atoms with Gasteiger partial charge < -0.3 is 4.74 Å². The van der Waals surface area contributed by atoms with Crippen molar-refractivity contribution in [1.29, 1.82) is 0 Å². The van der Waals surface area contributed by atoms with Crippen LogP contribution in [0.1, 0.15) is 18.4 Å². The molecule has 2 aromatic carbocycles. The number of nitrogens with zero attached hydrogens (tertiary/aromatic N) is 1. The van der Waals surface area contributed by atoms with E-state index in [-0.39, 0.29) is 22.1 Å². The fourth-order valence-electron chi connectivity index (χ4n) is 3.03. The van der Waals surface area contributed by atoms with Gasteiger partial charge in [-0.1, -0.05) is 29.8 Å². The van der Waals surface area contributed by atoms with Crippen molar-refractivity contribution in [3.63, 3.8) is 0 Å². The summed E-state index contributed by atoms with van der Waals surface area (Å²) < 4.78 is 59.8. The van der Waals surface area contributed by atoms with E-state index in [1.807, 2.05) is 0 Å². The summed E-state index contributed by atoms with van der Waals surface area (Å²) in [7, 11) is -6.15. The molecule has 0 radical (unpaired) electrons. The summed E-state index contributed by atoms with van der Waals surface area (Å²) in [5.74, 6) is -0.123. The summed E-state index contributed by atoms with van der Waals surface area (Å²) >= 11 is 6.05. The van der Waals surface area contributed by atoms with Crippen LogP contribution in [0.15, 0.2) is 47.4 Å². The third-order valence-corrected chi connectivity index (χ3v) is 7.93. The van der Waals surface area contributed by atoms with E-state index < -0.39 is 20.0 Å². The Morgan fingerprint density at radius 1 is 1.07 bits per heavy atom. The fourth-order valence-corrected chi connectivity index (χ4v) is 6.08. The first-order valence-corrected chi connectivity index (χ1v) is 12.1. The largest absolute Gasteiger partial charge is 0.495 e. The topological polar surface area (TPSA) is 92.8 Å². The summed E-state index contributed by atoms with van der Waals surface area (Å²) in [5, 5.41) is 0.338. The lowest BCUT2D eigenvalue weighted by Crippen LogP contribution is -2.28. The number of nitrogens with one attached hydrogen (secondary N) is 1. The van der Waals surface area contributed by atoms with E-state index >= 15 is 0 Å². The molecule has 10 heteroatoms. The van der Waals surface area contributed by atoms with Crippen LogP contribution in [0.2, 0.25) is 5.02 Å². The monoisotopic (exact) mass is 444 g/mol. The Kier molecular flexibility index (Phi) is 6.18. The summed E-state index contributed by atoms with van der Waals surface area (Å²) in [6, 6.07) is 10.8. The second-order valence-corrected chi connectivity index (χ2v) is 10.5. The van der Waals surface area contributed by atoms with Gasteiger partial charge in [-0.15, -0.1) is 0 Å². The van der Waals surface area contributed by atoms with E-state index in [1.165, 1.54) is 29.6 Å². The molecule has 0 saturated carbocycles. The average molecular weight is 445 g/mol. The first-order valence-electron chi connectivity index (χ1n) is 8.65. The highest BCUT2D eigenvalue weighted by atomic mass is 35.5. The number of sulfonamides is 2. The number of halogens is 1. The van der Waals surface area contributed by atoms with Crippen LogP contribution in [0.25, 0.3) is 0 Å². The van der Waals surface area contributed by atoms with Gasteiger partial charge in [-0.3, -0.25) is 4.72 Å². The molecule has 1 aliphatic heterocycles. The number of benzene rings is 2. The van der Waals surface area contributed by atoms with Crippen LogP contribution >= 0.6 is 11.6 Å². The Balaban J connectivity index is 1.91. The summed E-state index contributed by atoms with van der Waals surface area (Å²) in [5.41, 5.74) is 0.506. The standard InChI is InChI=1S/C18H21ClN2O5S2/c1-26-18-9-8-15(28(24,25)21-10-4-5-11-21)12-17(18)20-27(22,23)13-14-6-2-3-7-16(14)19/h2-3,6-9,12,20H,4-5,10-11,13H2,1H3. The Bertz CT molecular complexity index is 1070. The van der Waals surface area contributed by atoms with Gasteiger partial charge in [0.15, 0.2) is 0 Å². The number of rotatable bonds is 7. The summed E-state index contributed by atoms with van der Waals surface area (Å²) in [6.45, 7) is 0.920. The lowest BCUT2D eigenvalue weighted by molar-refractivity contribution is 0.416. The highest BCUT2D eigenvalue weighted by Gasteiger charge is 2.28. The normalized spacial score (nSPS) is 15.5. The zero-order valence-corrected chi connectivity index (χ0v) is 17.6. The number of hydrogen-bond acceptors (Lipinski definition) is 5. The van der Waals surface area contributed by atoms with Crippen molar-refractivity contribution >= 4 is 37.3 Å². The Morgan fingerprint density at radius 2 is 1.75 bits per heavy atom. The second kappa shape index (κ2) is 8.28. The lowest BCUT2D eigenvalue weighted by atomic mass is 10.2. The average Bonchev–Trinajstić information content (AvgIpc) is 3.18. The smallest absolute Gasteiger partial charge is 0.243 e. The van der Waals surface area contributed by atoms with E-state index in [2.05, 4.69) is 4.72 Å². The van der Waals surface area contributed by atoms with E-state index in [0.29, 0.717) is 23.7 Å². The first-order chi connectivity index (χ1) is 13.2. The van der Waals surface area contributed by atoms with Crippen LogP contribution in [-0.2, 0) is 25.8 Å². The maximum absolute atomic E-state index is 12.8. The van der Waals surface area contributed by atoms with E-state index in [1.54, 1.807) is 24.3 Å². The van der Waals surface area contributed by atoms with Crippen LogP contribution in [-0.4, -0.2) is 41.3 Å². The Labute approximate surface area is 170 Å². The second-order valence-electron chi connectivity index (χ2n) is 6.43. The molecule has 28 heavy (non-hydrogen) atoms. The molecule has 7 nitrogen and oxygen atoms in total. The van der Waals surface area contributed by atoms with Gasteiger partial charge in [0.05, 0.1) is 23.4 Å². The third kappa shape index (κ3) is 4.60. The van der Waals surface area contributed by atoms with Gasteiger partial charge in [0, 0.05) is 18.1 Å². The van der Waals surface area contributed by atoms with Crippen LogP contribution in [0.4, 0.5) is 5.69 Å². The van der Waals surface area contributed by atoms with Crippen molar-refractivity contribution in [2.75, 3.05) is 24.9 Å². The van der Waals surface area contributed by atoms with Crippen molar-refractivity contribution in [3.8, 4) is 5.75 Å². The lowest BCUT2D eigenvalue weighted by Gasteiger charge is -2.18. The zero-order valence-electron chi connectivity index (χ0n) is 15.3. The molecule has 0 unspecified atom stereocenters. The fraction of sp³-hybridized carbons (Fsp3) is 0.333. The van der Waals surface area contributed by atoms with Crippen molar-refractivity contribution in [2.24, 2.45) is 0 Å². The molecule has 152 valence electrons. The summed E-state index contributed by atoms with van der Waals surface area (Å²) in [4.78, 5) is 0.0191. The van der Waals surface area contributed by atoms with E-state index in [9.17, 15) is 16.8 Å². The van der Waals surface area contributed by atoms with Crippen LogP contribution in [0, 0.1) is 0 Å². The predicted molar refractivity (Wildman–Crippen MR) is 109 cm³/mol. The molecular formula is C18H21ClN2O5S2. The molecule has 0 atom stereocenters. The van der Waals surface area contributed by atoms with Crippen LogP contribution < -0.4 is 9.46 Å². The molecule has 0 aliphatic carbocycles. The molecular weight excluding hydrogens is 424 g/mol. The minimum atomic E-state index is -3.85. The molecule has 0 spiro atoms. The number of anilines is 1. The highest BCUT2D eigenvalue weighted by molar-refractivity contribution is 7.92. The minimum Gasteiger partial charge on any atom is -0.495 e. The molecule has 2 aromatic rings. The number of methoxy groups -OCH3 is 1. The quantitative estimate of drug-likeness (QED) is 0.708.